The predicted molar refractivity (Wildman–Crippen MR) is 108 cm³/mol. The Morgan fingerprint density at radius 1 is 1.04 bits per heavy atom. The van der Waals surface area contributed by atoms with Crippen LogP contribution in [0.4, 0.5) is 10.2 Å². The van der Waals surface area contributed by atoms with Crippen LogP contribution in [0.15, 0.2) is 42.5 Å². The van der Waals surface area contributed by atoms with Crippen LogP contribution in [-0.4, -0.2) is 60.5 Å². The molecule has 28 heavy (non-hydrogen) atoms. The maximum Gasteiger partial charge on any atom is 0.273 e. The minimum Gasteiger partial charge on any atom is -0.354 e. The van der Waals surface area contributed by atoms with Gasteiger partial charge in [0.15, 0.2) is 0 Å². The number of carbonyl (C=O) groups excluding carboxylic acids is 1. The van der Waals surface area contributed by atoms with Gasteiger partial charge in [-0.2, -0.15) is 0 Å². The summed E-state index contributed by atoms with van der Waals surface area (Å²) in [5.41, 5.74) is 1.34. The van der Waals surface area contributed by atoms with E-state index in [9.17, 15) is 9.18 Å². The second-order valence-electron chi connectivity index (χ2n) is 7.74. The first-order valence-corrected chi connectivity index (χ1v) is 10.1. The van der Waals surface area contributed by atoms with E-state index in [2.05, 4.69) is 21.8 Å². The highest BCUT2D eigenvalue weighted by Gasteiger charge is 2.30. The van der Waals surface area contributed by atoms with Gasteiger partial charge in [-0.1, -0.05) is 18.2 Å². The summed E-state index contributed by atoms with van der Waals surface area (Å²) in [6.45, 7) is 4.50. The van der Waals surface area contributed by atoms with Gasteiger partial charge in [0.25, 0.3) is 5.91 Å². The highest BCUT2D eigenvalue weighted by Crippen LogP contribution is 2.32. The lowest BCUT2D eigenvalue weighted by molar-refractivity contribution is 0.0605. The standard InChI is InChI=1S/C22H27FN4O/c1-25-12-14-26(15-13-25)21-10-5-8-19(24-21)22(28)27-11-3-2-9-20(27)17-6-4-7-18(23)16-17/h4-8,10,16,20H,2-3,9,11-15H2,1H3/t20-/m1/s1. The number of hydrogen-bond donors (Lipinski definition) is 0. The number of amides is 1. The Morgan fingerprint density at radius 2 is 1.82 bits per heavy atom. The molecule has 3 heterocycles. The van der Waals surface area contributed by atoms with E-state index in [1.165, 1.54) is 6.07 Å². The Balaban J connectivity index is 1.56. The normalized spacial score (nSPS) is 21.0. The fourth-order valence-electron chi connectivity index (χ4n) is 4.14. The van der Waals surface area contributed by atoms with Gasteiger partial charge in [-0.05, 0) is 56.1 Å². The van der Waals surface area contributed by atoms with Gasteiger partial charge in [-0.25, -0.2) is 9.37 Å². The number of benzene rings is 1. The van der Waals surface area contributed by atoms with Crippen molar-refractivity contribution in [3.8, 4) is 0 Å². The number of nitrogens with zero attached hydrogens (tertiary/aromatic N) is 4. The number of rotatable bonds is 3. The Morgan fingerprint density at radius 3 is 2.61 bits per heavy atom. The molecule has 0 spiro atoms. The molecule has 6 heteroatoms. The molecule has 0 saturated carbocycles. The molecule has 0 N–H and O–H groups in total. The molecule has 148 valence electrons. The SMILES string of the molecule is CN1CCN(c2cccc(C(=O)N3CCCC[C@@H]3c3cccc(F)c3)n2)CC1. The molecular formula is C22H27FN4O. The molecule has 2 aliphatic rings. The van der Waals surface area contributed by atoms with Crippen molar-refractivity contribution in [2.24, 2.45) is 0 Å². The zero-order chi connectivity index (χ0) is 19.5. The van der Waals surface area contributed by atoms with Crippen LogP contribution in [0.2, 0.25) is 0 Å². The van der Waals surface area contributed by atoms with Gasteiger partial charge in [0, 0.05) is 32.7 Å². The third kappa shape index (κ3) is 4.02. The average molecular weight is 382 g/mol. The van der Waals surface area contributed by atoms with E-state index in [0.29, 0.717) is 12.2 Å². The van der Waals surface area contributed by atoms with Crippen LogP contribution in [0.3, 0.4) is 0 Å². The van der Waals surface area contributed by atoms with Gasteiger partial charge in [0.2, 0.25) is 0 Å². The zero-order valence-corrected chi connectivity index (χ0v) is 16.4. The molecule has 2 saturated heterocycles. The van der Waals surface area contributed by atoms with Crippen LogP contribution >= 0.6 is 0 Å². The monoisotopic (exact) mass is 382 g/mol. The lowest BCUT2D eigenvalue weighted by Crippen LogP contribution is -2.45. The van der Waals surface area contributed by atoms with E-state index < -0.39 is 0 Å². The summed E-state index contributed by atoms with van der Waals surface area (Å²) < 4.78 is 13.7. The third-order valence-corrected chi connectivity index (χ3v) is 5.78. The van der Waals surface area contributed by atoms with Crippen molar-refractivity contribution in [3.05, 3.63) is 59.5 Å². The van der Waals surface area contributed by atoms with Crippen LogP contribution in [-0.2, 0) is 0 Å². The number of hydrogen-bond acceptors (Lipinski definition) is 4. The zero-order valence-electron chi connectivity index (χ0n) is 16.4. The molecule has 5 nitrogen and oxygen atoms in total. The van der Waals surface area contributed by atoms with Crippen LogP contribution in [0, 0.1) is 5.82 Å². The van der Waals surface area contributed by atoms with Crippen molar-refractivity contribution in [2.45, 2.75) is 25.3 Å². The van der Waals surface area contributed by atoms with Gasteiger partial charge in [0.05, 0.1) is 6.04 Å². The summed E-state index contributed by atoms with van der Waals surface area (Å²) >= 11 is 0. The Bertz CT molecular complexity index is 835. The van der Waals surface area contributed by atoms with Crippen molar-refractivity contribution < 1.29 is 9.18 Å². The van der Waals surface area contributed by atoms with Gasteiger partial charge >= 0.3 is 0 Å². The van der Waals surface area contributed by atoms with Gasteiger partial charge < -0.3 is 14.7 Å². The molecule has 0 unspecified atom stereocenters. The van der Waals surface area contributed by atoms with Gasteiger partial charge in [-0.3, -0.25) is 4.79 Å². The topological polar surface area (TPSA) is 39.7 Å². The lowest BCUT2D eigenvalue weighted by Gasteiger charge is -2.36. The van der Waals surface area contributed by atoms with Crippen molar-refractivity contribution in [2.75, 3.05) is 44.7 Å². The maximum absolute atomic E-state index is 13.7. The highest BCUT2D eigenvalue weighted by atomic mass is 19.1. The smallest absolute Gasteiger partial charge is 0.273 e. The quantitative estimate of drug-likeness (QED) is 0.816. The summed E-state index contributed by atoms with van der Waals surface area (Å²) in [5.74, 6) is 0.536. The van der Waals surface area contributed by atoms with Gasteiger partial charge in [0.1, 0.15) is 17.3 Å². The van der Waals surface area contributed by atoms with E-state index in [1.807, 2.05) is 23.1 Å². The lowest BCUT2D eigenvalue weighted by atomic mass is 9.94. The second kappa shape index (κ2) is 8.27. The number of piperazine rings is 1. The number of anilines is 1. The molecule has 0 radical (unpaired) electrons. The number of halogens is 1. The van der Waals surface area contributed by atoms with E-state index in [1.54, 1.807) is 18.2 Å². The fraction of sp³-hybridized carbons (Fsp3) is 0.455. The summed E-state index contributed by atoms with van der Waals surface area (Å²) in [7, 11) is 2.12. The Kier molecular flexibility index (Phi) is 5.57. The van der Waals surface area contributed by atoms with E-state index in [0.717, 1.165) is 56.8 Å². The van der Waals surface area contributed by atoms with Crippen LogP contribution < -0.4 is 4.90 Å². The maximum atomic E-state index is 13.7. The molecule has 2 aromatic rings. The number of piperidine rings is 1. The fourth-order valence-corrected chi connectivity index (χ4v) is 4.14. The first kappa shape index (κ1) is 18.9. The second-order valence-corrected chi connectivity index (χ2v) is 7.74. The first-order valence-electron chi connectivity index (χ1n) is 10.1. The number of pyridine rings is 1. The van der Waals surface area contributed by atoms with Crippen molar-refractivity contribution in [1.82, 2.24) is 14.8 Å². The van der Waals surface area contributed by atoms with Crippen molar-refractivity contribution in [1.29, 1.82) is 0 Å². The summed E-state index contributed by atoms with van der Waals surface area (Å²) in [6.07, 6.45) is 2.86. The molecule has 1 aromatic heterocycles. The van der Waals surface area contributed by atoms with Crippen LogP contribution in [0.25, 0.3) is 0 Å². The van der Waals surface area contributed by atoms with Crippen molar-refractivity contribution in [3.63, 3.8) is 0 Å². The number of aromatic nitrogens is 1. The Labute approximate surface area is 165 Å². The van der Waals surface area contributed by atoms with E-state index in [4.69, 9.17) is 0 Å². The summed E-state index contributed by atoms with van der Waals surface area (Å²) in [6, 6.07) is 12.2. The molecule has 4 rings (SSSR count). The minimum atomic E-state index is -0.259. The molecule has 1 amide bonds. The average Bonchev–Trinajstić information content (AvgIpc) is 2.74. The van der Waals surface area contributed by atoms with Crippen molar-refractivity contribution >= 4 is 11.7 Å². The predicted octanol–water partition coefficient (Wildman–Crippen LogP) is 3.34. The third-order valence-electron chi connectivity index (χ3n) is 5.78. The van der Waals surface area contributed by atoms with E-state index >= 15 is 0 Å². The summed E-state index contributed by atoms with van der Waals surface area (Å²) in [4.78, 5) is 24.4. The summed E-state index contributed by atoms with van der Waals surface area (Å²) in [5, 5.41) is 0. The molecule has 2 aliphatic heterocycles. The molecule has 2 fully saturated rings. The number of carbonyl (C=O) groups is 1. The molecular weight excluding hydrogens is 355 g/mol. The number of likely N-dealkylation sites (tertiary alicyclic amines) is 1. The molecule has 1 aromatic carbocycles. The van der Waals surface area contributed by atoms with E-state index in [-0.39, 0.29) is 17.8 Å². The molecule has 0 aliphatic carbocycles. The largest absolute Gasteiger partial charge is 0.354 e. The molecule has 0 bridgehead atoms. The Hall–Kier alpha value is -2.47. The van der Waals surface area contributed by atoms with Crippen LogP contribution in [0.5, 0.6) is 0 Å². The molecule has 1 atom stereocenters. The minimum absolute atomic E-state index is 0.0649. The van der Waals surface area contributed by atoms with Crippen LogP contribution in [0.1, 0.15) is 41.4 Å². The number of likely N-dealkylation sites (N-methyl/N-ethyl adjacent to an activating group) is 1. The first-order chi connectivity index (χ1) is 13.6. The van der Waals surface area contributed by atoms with Gasteiger partial charge in [-0.15, -0.1) is 0 Å². The highest BCUT2D eigenvalue weighted by molar-refractivity contribution is 5.93.